The van der Waals surface area contributed by atoms with Crippen LogP contribution in [0.5, 0.6) is 0 Å². The maximum atomic E-state index is 12.1. The van der Waals surface area contributed by atoms with Crippen molar-refractivity contribution in [2.24, 2.45) is 0 Å². The van der Waals surface area contributed by atoms with Crippen LogP contribution in [0.2, 0.25) is 0 Å². The molecule has 2 rings (SSSR count). The first-order valence-corrected chi connectivity index (χ1v) is 6.97. The molecule has 0 heterocycles. The van der Waals surface area contributed by atoms with Gasteiger partial charge >= 0.3 is 5.97 Å². The molecule has 0 aliphatic heterocycles. The van der Waals surface area contributed by atoms with Gasteiger partial charge in [-0.1, -0.05) is 36.4 Å². The Bertz CT molecular complexity index is 684. The number of fused-ring (bicyclic) bond motifs is 1. The molecule has 0 saturated carbocycles. The summed E-state index contributed by atoms with van der Waals surface area (Å²) in [6.07, 6.45) is 0. The van der Waals surface area contributed by atoms with E-state index in [1.165, 1.54) is 13.2 Å². The van der Waals surface area contributed by atoms with Crippen LogP contribution in [0.1, 0.15) is 0 Å². The van der Waals surface area contributed by atoms with Crippen LogP contribution in [-0.4, -0.2) is 27.2 Å². The predicted octanol–water partition coefficient (Wildman–Crippen LogP) is 1.79. The van der Waals surface area contributed by atoms with E-state index >= 15 is 0 Å². The van der Waals surface area contributed by atoms with E-state index in [0.717, 1.165) is 5.39 Å². The number of rotatable bonds is 3. The molecule has 5 heteroatoms. The van der Waals surface area contributed by atoms with E-state index in [2.05, 4.69) is 4.74 Å². The fourth-order valence-electron chi connectivity index (χ4n) is 1.76. The molecule has 2 aromatic rings. The van der Waals surface area contributed by atoms with Crippen molar-refractivity contribution in [3.05, 3.63) is 42.5 Å². The maximum Gasteiger partial charge on any atom is 0.321 e. The molecule has 0 bridgehead atoms. The fraction of sp³-hybridized carbons (Fsp3) is 0.154. The van der Waals surface area contributed by atoms with Gasteiger partial charge in [-0.2, -0.15) is 0 Å². The van der Waals surface area contributed by atoms with E-state index in [1.807, 2.05) is 18.2 Å². The third kappa shape index (κ3) is 2.36. The van der Waals surface area contributed by atoms with Gasteiger partial charge in [0.15, 0.2) is 15.6 Å². The lowest BCUT2D eigenvalue weighted by Crippen LogP contribution is -2.17. The van der Waals surface area contributed by atoms with Gasteiger partial charge in [-0.3, -0.25) is 4.79 Å². The molecule has 0 amide bonds. The number of esters is 1. The number of carbonyl (C=O) groups excluding carboxylic acids is 1. The minimum atomic E-state index is -3.67. The normalized spacial score (nSPS) is 11.4. The SMILES string of the molecule is COC(=O)CS(=O)(=O)c1cccc2ccccc12. The van der Waals surface area contributed by atoms with Crippen molar-refractivity contribution in [2.75, 3.05) is 12.9 Å². The first-order chi connectivity index (χ1) is 8.54. The van der Waals surface area contributed by atoms with Gasteiger partial charge in [0.05, 0.1) is 12.0 Å². The van der Waals surface area contributed by atoms with E-state index < -0.39 is 21.6 Å². The van der Waals surface area contributed by atoms with Crippen molar-refractivity contribution in [1.82, 2.24) is 0 Å². The van der Waals surface area contributed by atoms with Crippen LogP contribution in [-0.2, 0) is 19.4 Å². The molecule has 0 aliphatic carbocycles. The summed E-state index contributed by atoms with van der Waals surface area (Å²) < 4.78 is 28.6. The van der Waals surface area contributed by atoms with Crippen molar-refractivity contribution in [3.63, 3.8) is 0 Å². The fourth-order valence-corrected chi connectivity index (χ4v) is 3.15. The van der Waals surface area contributed by atoms with Crippen LogP contribution >= 0.6 is 0 Å². The number of sulfone groups is 1. The summed E-state index contributed by atoms with van der Waals surface area (Å²) in [6.45, 7) is 0. The first kappa shape index (κ1) is 12.6. The summed E-state index contributed by atoms with van der Waals surface area (Å²) in [4.78, 5) is 11.3. The Morgan fingerprint density at radius 1 is 1.11 bits per heavy atom. The number of benzene rings is 2. The molecular formula is C13H12O4S. The molecule has 0 aromatic heterocycles. The minimum Gasteiger partial charge on any atom is -0.468 e. The Morgan fingerprint density at radius 2 is 1.78 bits per heavy atom. The second-order valence-electron chi connectivity index (χ2n) is 3.81. The number of methoxy groups -OCH3 is 1. The largest absolute Gasteiger partial charge is 0.468 e. The standard InChI is InChI=1S/C13H12O4S/c1-17-13(14)9-18(15,16)12-8-4-6-10-5-2-3-7-11(10)12/h2-8H,9H2,1H3. The Balaban J connectivity index is 2.57. The summed E-state index contributed by atoms with van der Waals surface area (Å²) in [6, 6.07) is 12.1. The molecule has 0 spiro atoms. The Morgan fingerprint density at radius 3 is 2.50 bits per heavy atom. The number of ether oxygens (including phenoxy) is 1. The highest BCUT2D eigenvalue weighted by molar-refractivity contribution is 7.92. The summed E-state index contributed by atoms with van der Waals surface area (Å²) in [5, 5.41) is 1.44. The number of hydrogen-bond acceptors (Lipinski definition) is 4. The van der Waals surface area contributed by atoms with E-state index in [9.17, 15) is 13.2 Å². The lowest BCUT2D eigenvalue weighted by atomic mass is 10.1. The van der Waals surface area contributed by atoms with Gasteiger partial charge in [-0.15, -0.1) is 0 Å². The van der Waals surface area contributed by atoms with E-state index in [0.29, 0.717) is 5.39 Å². The summed E-state index contributed by atoms with van der Waals surface area (Å²) >= 11 is 0. The van der Waals surface area contributed by atoms with Crippen LogP contribution in [0.4, 0.5) is 0 Å². The smallest absolute Gasteiger partial charge is 0.321 e. The molecule has 2 aromatic carbocycles. The Labute approximate surface area is 105 Å². The second kappa shape index (κ2) is 4.78. The zero-order valence-electron chi connectivity index (χ0n) is 9.79. The van der Waals surface area contributed by atoms with Crippen LogP contribution in [0, 0.1) is 0 Å². The predicted molar refractivity (Wildman–Crippen MR) is 68.0 cm³/mol. The molecule has 0 atom stereocenters. The van der Waals surface area contributed by atoms with Crippen LogP contribution in [0.25, 0.3) is 10.8 Å². The molecule has 4 nitrogen and oxygen atoms in total. The lowest BCUT2D eigenvalue weighted by Gasteiger charge is -2.07. The average Bonchev–Trinajstić information content (AvgIpc) is 2.37. The molecular weight excluding hydrogens is 252 g/mol. The molecule has 0 radical (unpaired) electrons. The van der Waals surface area contributed by atoms with Gasteiger partial charge in [-0.25, -0.2) is 8.42 Å². The van der Waals surface area contributed by atoms with Crippen molar-refractivity contribution in [1.29, 1.82) is 0 Å². The molecule has 94 valence electrons. The zero-order chi connectivity index (χ0) is 13.2. The molecule has 0 saturated heterocycles. The highest BCUT2D eigenvalue weighted by Crippen LogP contribution is 2.23. The molecule has 0 unspecified atom stereocenters. The summed E-state index contributed by atoms with van der Waals surface area (Å²) in [5.74, 6) is -1.40. The van der Waals surface area contributed by atoms with Crippen molar-refractivity contribution in [2.45, 2.75) is 4.90 Å². The Kier molecular flexibility index (Phi) is 3.34. The van der Waals surface area contributed by atoms with Crippen molar-refractivity contribution >= 4 is 26.6 Å². The molecule has 0 aliphatic rings. The van der Waals surface area contributed by atoms with Crippen molar-refractivity contribution in [3.8, 4) is 0 Å². The zero-order valence-corrected chi connectivity index (χ0v) is 10.6. The van der Waals surface area contributed by atoms with E-state index in [4.69, 9.17) is 0 Å². The van der Waals surface area contributed by atoms with Gasteiger partial charge in [0.25, 0.3) is 0 Å². The second-order valence-corrected chi connectivity index (χ2v) is 5.77. The Hall–Kier alpha value is -1.88. The van der Waals surface area contributed by atoms with Crippen LogP contribution < -0.4 is 0 Å². The summed E-state index contributed by atoms with van der Waals surface area (Å²) in [5.41, 5.74) is 0. The van der Waals surface area contributed by atoms with Gasteiger partial charge in [0.2, 0.25) is 0 Å². The lowest BCUT2D eigenvalue weighted by molar-refractivity contribution is -0.137. The topological polar surface area (TPSA) is 60.4 Å². The molecule has 18 heavy (non-hydrogen) atoms. The number of hydrogen-bond donors (Lipinski definition) is 0. The highest BCUT2D eigenvalue weighted by Gasteiger charge is 2.21. The summed E-state index contributed by atoms with van der Waals surface area (Å²) in [7, 11) is -2.51. The highest BCUT2D eigenvalue weighted by atomic mass is 32.2. The van der Waals surface area contributed by atoms with E-state index in [-0.39, 0.29) is 4.90 Å². The molecule has 0 N–H and O–H groups in total. The first-order valence-electron chi connectivity index (χ1n) is 5.32. The monoisotopic (exact) mass is 264 g/mol. The van der Waals surface area contributed by atoms with Gasteiger partial charge in [0.1, 0.15) is 0 Å². The third-order valence-corrected chi connectivity index (χ3v) is 4.26. The van der Waals surface area contributed by atoms with Gasteiger partial charge in [-0.05, 0) is 11.5 Å². The minimum absolute atomic E-state index is 0.158. The molecule has 0 fully saturated rings. The third-order valence-electron chi connectivity index (χ3n) is 2.62. The maximum absolute atomic E-state index is 12.1. The number of carbonyl (C=O) groups is 1. The van der Waals surface area contributed by atoms with Gasteiger partial charge < -0.3 is 4.74 Å². The van der Waals surface area contributed by atoms with E-state index in [1.54, 1.807) is 18.2 Å². The van der Waals surface area contributed by atoms with Crippen LogP contribution in [0.15, 0.2) is 47.4 Å². The van der Waals surface area contributed by atoms with Crippen molar-refractivity contribution < 1.29 is 17.9 Å². The average molecular weight is 264 g/mol. The quantitative estimate of drug-likeness (QED) is 0.793. The van der Waals surface area contributed by atoms with Crippen LogP contribution in [0.3, 0.4) is 0 Å². The van der Waals surface area contributed by atoms with Gasteiger partial charge in [0, 0.05) is 5.39 Å².